The number of carboxylic acid groups (broad SMARTS) is 1. The van der Waals surface area contributed by atoms with Crippen LogP contribution >= 0.6 is 0 Å². The van der Waals surface area contributed by atoms with E-state index in [-0.39, 0.29) is 52.1 Å². The molecule has 53 heavy (non-hydrogen) atoms. The maximum atomic E-state index is 14.0. The first-order valence-corrected chi connectivity index (χ1v) is 20.1. The second kappa shape index (κ2) is 14.7. The first kappa shape index (κ1) is 39.4. The number of esters is 1. The molecule has 0 aromatic heterocycles. The van der Waals surface area contributed by atoms with Crippen LogP contribution in [0, 0.1) is 57.2 Å². The number of nitrogens with zero attached hydrogens (tertiary/aromatic N) is 1. The maximum absolute atomic E-state index is 14.0. The van der Waals surface area contributed by atoms with Crippen molar-refractivity contribution >= 4 is 30.7 Å². The molecule has 0 saturated heterocycles. The predicted molar refractivity (Wildman–Crippen MR) is 204 cm³/mol. The first-order chi connectivity index (χ1) is 25.0. The van der Waals surface area contributed by atoms with Crippen molar-refractivity contribution < 1.29 is 33.8 Å². The summed E-state index contributed by atoms with van der Waals surface area (Å²) < 4.78 is 12.5. The molecule has 0 spiro atoms. The number of Topliss-reactive ketones (excluding diaryl/α,β-unsaturated/α-hetero) is 1. The smallest absolute Gasteiger partial charge is 0.335 e. The minimum atomic E-state index is -0.980. The van der Waals surface area contributed by atoms with E-state index in [0.29, 0.717) is 42.5 Å². The summed E-state index contributed by atoms with van der Waals surface area (Å²) in [5, 5.41) is 13.2. The normalized spacial score (nSPS) is 35.7. The number of benzene rings is 1. The highest BCUT2D eigenvalue weighted by Gasteiger charge is 2.65. The lowest BCUT2D eigenvalue weighted by molar-refractivity contribution is -0.191. The number of carbonyl (C=O) groups is 4. The molecule has 0 radical (unpaired) electrons. The molecule has 2 N–H and O–H groups in total. The van der Waals surface area contributed by atoms with Gasteiger partial charge < -0.3 is 19.4 Å². The Hall–Kier alpha value is -3.33. The zero-order valence-electron chi connectivity index (χ0n) is 33.0. The maximum Gasteiger partial charge on any atom is 0.335 e. The average molecular weight is 731 g/mol. The van der Waals surface area contributed by atoms with Crippen molar-refractivity contribution in [2.24, 2.45) is 62.3 Å². The number of rotatable bonds is 13. The molecule has 6 rings (SSSR count). The van der Waals surface area contributed by atoms with E-state index in [9.17, 15) is 24.3 Å². The number of ether oxygens (including phenoxy) is 2. The van der Waals surface area contributed by atoms with Gasteiger partial charge in [0.2, 0.25) is 0 Å². The lowest BCUT2D eigenvalue weighted by Gasteiger charge is -2.67. The van der Waals surface area contributed by atoms with E-state index in [4.69, 9.17) is 9.47 Å². The largest absolute Gasteiger partial charge is 0.478 e. The van der Waals surface area contributed by atoms with Gasteiger partial charge in [-0.05, 0) is 122 Å². The van der Waals surface area contributed by atoms with E-state index < -0.39 is 17.6 Å². The molecule has 290 valence electrons. The number of aromatic carboxylic acids is 1. The van der Waals surface area contributed by atoms with E-state index in [1.807, 2.05) is 0 Å². The van der Waals surface area contributed by atoms with Gasteiger partial charge in [0.25, 0.3) is 0 Å². The summed E-state index contributed by atoms with van der Waals surface area (Å²) in [6.07, 6.45) is 10.1. The molecule has 10 atom stereocenters. The lowest BCUT2D eigenvalue weighted by Crippen LogP contribution is -2.60. The molecular weight excluding hydrogens is 668 g/mol. The number of allylic oxidation sites excluding steroid dienone is 2. The van der Waals surface area contributed by atoms with Gasteiger partial charge in [0.15, 0.2) is 12.0 Å². The Kier molecular flexibility index (Phi) is 10.9. The Labute approximate surface area is 316 Å². The average Bonchev–Trinajstić information content (AvgIpc) is 3.41. The van der Waals surface area contributed by atoms with Gasteiger partial charge in [0.1, 0.15) is 12.4 Å². The molecule has 0 amide bonds. The molecule has 0 aliphatic heterocycles. The number of ketones is 1. The molecule has 1 aromatic rings. The van der Waals surface area contributed by atoms with Gasteiger partial charge in [-0.2, -0.15) is 5.10 Å². The Morgan fingerprint density at radius 1 is 1.04 bits per heavy atom. The van der Waals surface area contributed by atoms with Crippen LogP contribution in [0.15, 0.2) is 40.5 Å². The third-order valence-electron chi connectivity index (χ3n) is 15.0. The Morgan fingerprint density at radius 2 is 1.70 bits per heavy atom. The summed E-state index contributed by atoms with van der Waals surface area (Å²) in [5.41, 5.74) is 5.83. The number of hydrogen-bond donors (Lipinski definition) is 2. The fraction of sp³-hybridized carbons (Fsp3) is 0.705. The van der Waals surface area contributed by atoms with Crippen LogP contribution in [0.4, 0.5) is 0 Å². The highest BCUT2D eigenvalue weighted by molar-refractivity contribution is 6.00. The zero-order valence-corrected chi connectivity index (χ0v) is 33.0. The van der Waals surface area contributed by atoms with Gasteiger partial charge >= 0.3 is 11.9 Å². The number of aldehydes is 1. The van der Waals surface area contributed by atoms with Crippen molar-refractivity contribution in [3.63, 3.8) is 0 Å². The highest BCUT2D eigenvalue weighted by atomic mass is 16.5. The molecule has 1 aromatic carbocycles. The van der Waals surface area contributed by atoms with E-state index >= 15 is 0 Å². The van der Waals surface area contributed by atoms with Gasteiger partial charge in [-0.1, -0.05) is 66.2 Å². The summed E-state index contributed by atoms with van der Waals surface area (Å²) in [7, 11) is 0. The fourth-order valence-electron chi connectivity index (χ4n) is 12.6. The van der Waals surface area contributed by atoms with Crippen molar-refractivity contribution in [3.05, 3.63) is 46.5 Å². The van der Waals surface area contributed by atoms with E-state index in [0.717, 1.165) is 75.2 Å². The topological polar surface area (TPSA) is 131 Å². The van der Waals surface area contributed by atoms with Crippen molar-refractivity contribution in [3.8, 4) is 0 Å². The first-order valence-electron chi connectivity index (χ1n) is 20.1. The number of hydrazone groups is 1. The SMILES string of the molecule is C=NNC(OCCC12CCC3C(CCC4C3(C)CCC3C(C)C(OC(=O)CC(C)(C)C=O)CCC34C)C1=C(C(C)C)C(=O)C2)c1ccc(C(=O)O)cc1. The van der Waals surface area contributed by atoms with Gasteiger partial charge in [-0.3, -0.25) is 15.0 Å². The number of nitrogens with one attached hydrogen (secondary N) is 1. The number of carboxylic acids is 1. The van der Waals surface area contributed by atoms with Crippen molar-refractivity contribution in [2.45, 2.75) is 131 Å². The molecule has 9 nitrogen and oxygen atoms in total. The molecule has 4 fully saturated rings. The van der Waals surface area contributed by atoms with Crippen LogP contribution in [0.25, 0.3) is 0 Å². The third-order valence-corrected chi connectivity index (χ3v) is 15.0. The monoisotopic (exact) mass is 730 g/mol. The second-order valence-corrected chi connectivity index (χ2v) is 18.8. The molecule has 0 heterocycles. The standard InChI is InChI=1S/C44H62N2O7/c1-26(2)37-33(48)23-44(21-22-52-39(46-45-8)28-9-11-29(12-10-28)40(50)51)20-16-32-30(38(37)44)13-14-35-42(6)19-17-34(53-36(49)24-41(4,5)25-47)27(3)31(42)15-18-43(32,35)7/h9-12,25-27,30-32,34-35,39,46H,8,13-24H2,1-7H3,(H,50,51). The number of fused-ring (bicyclic) bond motifs is 7. The van der Waals surface area contributed by atoms with Crippen LogP contribution in [-0.2, 0) is 23.9 Å². The number of hydrogen-bond acceptors (Lipinski definition) is 8. The quantitative estimate of drug-likeness (QED) is 0.0678. The Balaban J connectivity index is 1.20. The molecule has 9 heteroatoms. The van der Waals surface area contributed by atoms with E-state index in [2.05, 4.69) is 51.9 Å². The van der Waals surface area contributed by atoms with Crippen LogP contribution < -0.4 is 5.43 Å². The van der Waals surface area contributed by atoms with E-state index in [1.165, 1.54) is 5.57 Å². The predicted octanol–water partition coefficient (Wildman–Crippen LogP) is 8.72. The van der Waals surface area contributed by atoms with Crippen molar-refractivity contribution in [1.82, 2.24) is 5.43 Å². The molecule has 0 bridgehead atoms. The highest BCUT2D eigenvalue weighted by Crippen LogP contribution is 2.72. The fourth-order valence-corrected chi connectivity index (χ4v) is 12.6. The van der Waals surface area contributed by atoms with Gasteiger partial charge in [-0.25, -0.2) is 4.79 Å². The minimum absolute atomic E-state index is 0.106. The Morgan fingerprint density at radius 3 is 2.34 bits per heavy atom. The van der Waals surface area contributed by atoms with Gasteiger partial charge in [0.05, 0.1) is 18.6 Å². The van der Waals surface area contributed by atoms with Crippen LogP contribution in [0.5, 0.6) is 0 Å². The third kappa shape index (κ3) is 7.04. The molecule has 4 saturated carbocycles. The number of carbonyl (C=O) groups excluding carboxylic acids is 3. The summed E-state index contributed by atoms with van der Waals surface area (Å²) >= 11 is 0. The van der Waals surface area contributed by atoms with Crippen LogP contribution in [-0.4, -0.2) is 48.5 Å². The lowest BCUT2D eigenvalue weighted by atomic mass is 9.38. The summed E-state index contributed by atoms with van der Waals surface area (Å²) in [6, 6.07) is 6.60. The minimum Gasteiger partial charge on any atom is -0.478 e. The second-order valence-electron chi connectivity index (χ2n) is 18.8. The summed E-state index contributed by atoms with van der Waals surface area (Å²) in [5.74, 6) is 1.46. The summed E-state index contributed by atoms with van der Waals surface area (Å²) in [4.78, 5) is 49.8. The van der Waals surface area contributed by atoms with Gasteiger partial charge in [-0.15, -0.1) is 0 Å². The van der Waals surface area contributed by atoms with Crippen LogP contribution in [0.2, 0.25) is 0 Å². The van der Waals surface area contributed by atoms with Crippen molar-refractivity contribution in [2.75, 3.05) is 6.61 Å². The Bertz CT molecular complexity index is 1630. The summed E-state index contributed by atoms with van der Waals surface area (Å²) in [6.45, 7) is 19.3. The molecular formula is C44H62N2O7. The van der Waals surface area contributed by atoms with E-state index in [1.54, 1.807) is 38.1 Å². The van der Waals surface area contributed by atoms with Gasteiger partial charge in [0, 0.05) is 29.5 Å². The van der Waals surface area contributed by atoms with Crippen LogP contribution in [0.1, 0.15) is 141 Å². The molecule has 10 unspecified atom stereocenters. The zero-order chi connectivity index (χ0) is 38.5. The van der Waals surface area contributed by atoms with Crippen molar-refractivity contribution in [1.29, 1.82) is 0 Å². The molecule has 5 aliphatic carbocycles. The van der Waals surface area contributed by atoms with Crippen LogP contribution in [0.3, 0.4) is 0 Å². The molecule has 5 aliphatic rings.